The molecule has 2 N–H and O–H groups in total. The van der Waals surface area contributed by atoms with Gasteiger partial charge in [-0.2, -0.15) is 11.8 Å². The third kappa shape index (κ3) is 6.27. The van der Waals surface area contributed by atoms with Crippen LogP contribution in [0.15, 0.2) is 21.2 Å². The first-order chi connectivity index (χ1) is 13.6. The number of rotatable bonds is 10. The molecule has 0 atom stereocenters. The fourth-order valence-electron chi connectivity index (χ4n) is 3.28. The average molecular weight is 408 g/mol. The summed E-state index contributed by atoms with van der Waals surface area (Å²) in [6.45, 7) is 1.50. The van der Waals surface area contributed by atoms with Gasteiger partial charge >= 0.3 is 0 Å². The van der Waals surface area contributed by atoms with Gasteiger partial charge in [-0.25, -0.2) is 4.63 Å². The molecule has 3 rings (SSSR count). The van der Waals surface area contributed by atoms with Gasteiger partial charge in [0.15, 0.2) is 0 Å². The standard InChI is InChI=1S/C19H29N5O3S/c1-24(2)12-15-8-9-16(26-15)13-28-11-10-20-17-18(23-27-22-17)21-19(25)14-6-4-3-5-7-14/h8-9,14H,3-7,10-13H2,1-2H3,(H,20,22)(H,21,23,25). The summed E-state index contributed by atoms with van der Waals surface area (Å²) in [7, 11) is 4.04. The first-order valence-electron chi connectivity index (χ1n) is 9.79. The number of carbonyl (C=O) groups is 1. The van der Waals surface area contributed by atoms with E-state index in [1.807, 2.05) is 26.2 Å². The number of aromatic nitrogens is 2. The van der Waals surface area contributed by atoms with Gasteiger partial charge in [-0.05, 0) is 49.4 Å². The first kappa shape index (κ1) is 20.7. The van der Waals surface area contributed by atoms with Crippen molar-refractivity contribution in [3.8, 4) is 0 Å². The Hall–Kier alpha value is -2.00. The zero-order chi connectivity index (χ0) is 19.8. The SMILES string of the molecule is CN(C)Cc1ccc(CSCCNc2nonc2NC(=O)C2CCCCC2)o1. The Bertz CT molecular complexity index is 740. The maximum Gasteiger partial charge on any atom is 0.228 e. The minimum atomic E-state index is 0.0131. The molecule has 1 amide bonds. The summed E-state index contributed by atoms with van der Waals surface area (Å²) in [6, 6.07) is 4.05. The normalized spacial score (nSPS) is 15.1. The van der Waals surface area contributed by atoms with Gasteiger partial charge in [-0.15, -0.1) is 0 Å². The second-order valence-electron chi connectivity index (χ2n) is 7.37. The number of anilines is 2. The van der Waals surface area contributed by atoms with Crippen LogP contribution in [0.2, 0.25) is 0 Å². The molecule has 0 radical (unpaired) electrons. The van der Waals surface area contributed by atoms with Crippen molar-refractivity contribution in [1.82, 2.24) is 15.2 Å². The highest BCUT2D eigenvalue weighted by atomic mass is 32.2. The molecule has 0 aromatic carbocycles. The van der Waals surface area contributed by atoms with Gasteiger partial charge in [0.05, 0.1) is 12.3 Å². The number of amides is 1. The Labute approximate surface area is 169 Å². The van der Waals surface area contributed by atoms with E-state index in [2.05, 4.69) is 25.8 Å². The molecule has 1 aliphatic carbocycles. The van der Waals surface area contributed by atoms with Crippen molar-refractivity contribution in [3.63, 3.8) is 0 Å². The molecule has 1 aliphatic rings. The Kier molecular flexibility index (Phi) is 7.79. The lowest BCUT2D eigenvalue weighted by Crippen LogP contribution is -2.25. The Morgan fingerprint density at radius 3 is 2.71 bits per heavy atom. The Morgan fingerprint density at radius 1 is 1.18 bits per heavy atom. The number of furan rings is 1. The summed E-state index contributed by atoms with van der Waals surface area (Å²) in [5.74, 6) is 4.58. The summed E-state index contributed by atoms with van der Waals surface area (Å²) in [4.78, 5) is 14.4. The summed E-state index contributed by atoms with van der Waals surface area (Å²) in [6.07, 6.45) is 5.33. The van der Waals surface area contributed by atoms with Crippen molar-refractivity contribution in [2.75, 3.05) is 37.0 Å². The van der Waals surface area contributed by atoms with Crippen LogP contribution < -0.4 is 10.6 Å². The molecule has 0 bridgehead atoms. The van der Waals surface area contributed by atoms with Crippen molar-refractivity contribution in [3.05, 3.63) is 23.7 Å². The molecule has 2 aromatic heterocycles. The molecule has 28 heavy (non-hydrogen) atoms. The van der Waals surface area contributed by atoms with Crippen LogP contribution in [0, 0.1) is 5.92 Å². The third-order valence-corrected chi connectivity index (χ3v) is 5.66. The van der Waals surface area contributed by atoms with E-state index in [0.717, 1.165) is 55.3 Å². The maximum atomic E-state index is 12.4. The summed E-state index contributed by atoms with van der Waals surface area (Å²) < 4.78 is 10.6. The van der Waals surface area contributed by atoms with E-state index in [1.54, 1.807) is 11.8 Å². The van der Waals surface area contributed by atoms with Gasteiger partial charge in [-0.1, -0.05) is 19.3 Å². The monoisotopic (exact) mass is 407 g/mol. The lowest BCUT2D eigenvalue weighted by molar-refractivity contribution is -0.120. The van der Waals surface area contributed by atoms with Gasteiger partial charge in [0.25, 0.3) is 0 Å². The summed E-state index contributed by atoms with van der Waals surface area (Å²) in [5, 5.41) is 13.7. The topological polar surface area (TPSA) is 96.4 Å². The maximum absolute atomic E-state index is 12.4. The largest absolute Gasteiger partial charge is 0.464 e. The molecule has 0 aliphatic heterocycles. The van der Waals surface area contributed by atoms with Crippen LogP contribution in [-0.4, -0.2) is 47.5 Å². The predicted octanol–water partition coefficient (Wildman–Crippen LogP) is 3.59. The van der Waals surface area contributed by atoms with Crippen LogP contribution in [-0.2, 0) is 17.1 Å². The van der Waals surface area contributed by atoms with E-state index >= 15 is 0 Å². The van der Waals surface area contributed by atoms with E-state index in [9.17, 15) is 4.79 Å². The smallest absolute Gasteiger partial charge is 0.228 e. The molecular formula is C19H29N5O3S. The lowest BCUT2D eigenvalue weighted by atomic mass is 9.89. The number of nitrogens with one attached hydrogen (secondary N) is 2. The fourth-order valence-corrected chi connectivity index (χ4v) is 4.03. The highest BCUT2D eigenvalue weighted by Crippen LogP contribution is 2.26. The number of hydrogen-bond donors (Lipinski definition) is 2. The van der Waals surface area contributed by atoms with E-state index in [-0.39, 0.29) is 11.8 Å². The van der Waals surface area contributed by atoms with Crippen molar-refractivity contribution in [1.29, 1.82) is 0 Å². The third-order valence-electron chi connectivity index (χ3n) is 4.68. The molecule has 2 aromatic rings. The van der Waals surface area contributed by atoms with Gasteiger partial charge in [-0.3, -0.25) is 4.79 Å². The molecule has 8 nitrogen and oxygen atoms in total. The van der Waals surface area contributed by atoms with E-state index in [4.69, 9.17) is 9.05 Å². The Balaban J connectivity index is 1.37. The number of thioether (sulfide) groups is 1. The molecule has 0 unspecified atom stereocenters. The van der Waals surface area contributed by atoms with E-state index in [0.29, 0.717) is 18.2 Å². The lowest BCUT2D eigenvalue weighted by Gasteiger charge is -2.20. The predicted molar refractivity (Wildman–Crippen MR) is 110 cm³/mol. The van der Waals surface area contributed by atoms with Crippen LogP contribution in [0.3, 0.4) is 0 Å². The minimum absolute atomic E-state index is 0.0131. The van der Waals surface area contributed by atoms with Crippen molar-refractivity contribution >= 4 is 29.3 Å². The molecule has 1 saturated carbocycles. The summed E-state index contributed by atoms with van der Waals surface area (Å²) in [5.41, 5.74) is 0. The van der Waals surface area contributed by atoms with E-state index < -0.39 is 0 Å². The first-order valence-corrected chi connectivity index (χ1v) is 10.9. The van der Waals surface area contributed by atoms with Gasteiger partial charge in [0.2, 0.25) is 17.5 Å². The molecule has 154 valence electrons. The highest BCUT2D eigenvalue weighted by Gasteiger charge is 2.23. The number of carbonyl (C=O) groups excluding carboxylic acids is 1. The molecule has 1 fully saturated rings. The second kappa shape index (κ2) is 10.5. The Morgan fingerprint density at radius 2 is 1.93 bits per heavy atom. The zero-order valence-corrected chi connectivity index (χ0v) is 17.4. The quantitative estimate of drug-likeness (QED) is 0.577. The van der Waals surface area contributed by atoms with Crippen molar-refractivity contribution in [2.24, 2.45) is 5.92 Å². The molecule has 9 heteroatoms. The van der Waals surface area contributed by atoms with Gasteiger partial charge < -0.3 is 20.0 Å². The summed E-state index contributed by atoms with van der Waals surface area (Å²) >= 11 is 1.77. The number of nitrogens with zero attached hydrogens (tertiary/aromatic N) is 3. The second-order valence-corrected chi connectivity index (χ2v) is 8.48. The van der Waals surface area contributed by atoms with Gasteiger partial charge in [0, 0.05) is 18.2 Å². The average Bonchev–Trinajstić information content (AvgIpc) is 3.31. The van der Waals surface area contributed by atoms with Crippen molar-refractivity contribution < 1.29 is 13.8 Å². The number of hydrogen-bond acceptors (Lipinski definition) is 8. The van der Waals surface area contributed by atoms with Crippen LogP contribution >= 0.6 is 11.8 Å². The highest BCUT2D eigenvalue weighted by molar-refractivity contribution is 7.98. The zero-order valence-electron chi connectivity index (χ0n) is 16.6. The van der Waals surface area contributed by atoms with Crippen LogP contribution in [0.5, 0.6) is 0 Å². The molecule has 0 saturated heterocycles. The van der Waals surface area contributed by atoms with Crippen LogP contribution in [0.4, 0.5) is 11.6 Å². The minimum Gasteiger partial charge on any atom is -0.464 e. The molecule has 2 heterocycles. The van der Waals surface area contributed by atoms with E-state index in [1.165, 1.54) is 6.42 Å². The van der Waals surface area contributed by atoms with Gasteiger partial charge in [0.1, 0.15) is 11.5 Å². The molecular weight excluding hydrogens is 378 g/mol. The van der Waals surface area contributed by atoms with Crippen LogP contribution in [0.1, 0.15) is 43.6 Å². The fraction of sp³-hybridized carbons (Fsp3) is 0.632. The van der Waals surface area contributed by atoms with Crippen molar-refractivity contribution in [2.45, 2.75) is 44.4 Å². The molecule has 0 spiro atoms. The van der Waals surface area contributed by atoms with Crippen LogP contribution in [0.25, 0.3) is 0 Å².